The van der Waals surface area contributed by atoms with Crippen LogP contribution >= 0.6 is 0 Å². The van der Waals surface area contributed by atoms with Crippen LogP contribution in [0.15, 0.2) is 48.5 Å². The minimum Gasteiger partial charge on any atom is -0.452 e. The van der Waals surface area contributed by atoms with Crippen LogP contribution < -0.4 is 9.21 Å². The Kier molecular flexibility index (Phi) is 8.41. The maximum Gasteiger partial charge on any atom is 0.424 e. The SMILES string of the molecule is CCN(CC)C(=O)C(c1ccccc1)N1CCN(c2ccc(N3CCN(C(=O)OC)S3(=O)=O)cc2F)CC1. The number of carbonyl (C=O) groups is 2. The molecule has 4 rings (SSSR count). The summed E-state index contributed by atoms with van der Waals surface area (Å²) >= 11 is 0. The second kappa shape index (κ2) is 11.6. The molecule has 2 amide bonds. The Morgan fingerprint density at radius 3 is 2.21 bits per heavy atom. The van der Waals surface area contributed by atoms with Gasteiger partial charge in [0.05, 0.1) is 31.6 Å². The summed E-state index contributed by atoms with van der Waals surface area (Å²) in [6.45, 7) is 7.24. The van der Waals surface area contributed by atoms with Crippen molar-refractivity contribution >= 4 is 33.6 Å². The van der Waals surface area contributed by atoms with Crippen molar-refractivity contribution in [2.75, 3.05) is 68.7 Å². The van der Waals surface area contributed by atoms with Crippen molar-refractivity contribution in [3.63, 3.8) is 0 Å². The van der Waals surface area contributed by atoms with Crippen LogP contribution in [-0.4, -0.2) is 94.0 Å². The first kappa shape index (κ1) is 27.6. The predicted molar refractivity (Wildman–Crippen MR) is 143 cm³/mol. The van der Waals surface area contributed by atoms with Gasteiger partial charge in [0, 0.05) is 45.3 Å². The first-order valence-corrected chi connectivity index (χ1v) is 14.1. The number of halogens is 1. The van der Waals surface area contributed by atoms with Gasteiger partial charge in [-0.25, -0.2) is 9.18 Å². The van der Waals surface area contributed by atoms with Crippen LogP contribution in [0.2, 0.25) is 0 Å². The monoisotopic (exact) mass is 547 g/mol. The second-order valence-electron chi connectivity index (χ2n) is 9.10. The average Bonchev–Trinajstić information content (AvgIpc) is 3.24. The summed E-state index contributed by atoms with van der Waals surface area (Å²) in [5.41, 5.74) is 1.44. The molecule has 2 aliphatic heterocycles. The van der Waals surface area contributed by atoms with Crippen molar-refractivity contribution in [1.29, 1.82) is 0 Å². The Morgan fingerprint density at radius 1 is 0.974 bits per heavy atom. The molecule has 0 aliphatic carbocycles. The summed E-state index contributed by atoms with van der Waals surface area (Å²) in [7, 11) is -3.03. The molecule has 2 heterocycles. The molecule has 0 spiro atoms. The molecule has 0 bridgehead atoms. The summed E-state index contributed by atoms with van der Waals surface area (Å²) in [6.07, 6.45) is -0.976. The van der Waals surface area contributed by atoms with Gasteiger partial charge in [-0.05, 0) is 31.5 Å². The normalized spacial score (nSPS) is 18.4. The number of methoxy groups -OCH3 is 1. The van der Waals surface area contributed by atoms with Gasteiger partial charge in [-0.15, -0.1) is 0 Å². The molecule has 1 unspecified atom stereocenters. The van der Waals surface area contributed by atoms with Crippen LogP contribution in [0.1, 0.15) is 25.5 Å². The van der Waals surface area contributed by atoms with Gasteiger partial charge >= 0.3 is 16.3 Å². The van der Waals surface area contributed by atoms with Crippen molar-refractivity contribution in [1.82, 2.24) is 14.1 Å². The molecule has 0 N–H and O–H groups in total. The highest BCUT2D eigenvalue weighted by atomic mass is 32.2. The number of likely N-dealkylation sites (N-methyl/N-ethyl adjacent to an activating group) is 1. The van der Waals surface area contributed by atoms with Crippen LogP contribution in [0.3, 0.4) is 0 Å². The molecule has 1 atom stereocenters. The number of ether oxygens (including phenoxy) is 1. The highest BCUT2D eigenvalue weighted by Crippen LogP contribution is 2.32. The minimum atomic E-state index is -4.14. The molecule has 2 fully saturated rings. The maximum absolute atomic E-state index is 15.3. The first-order valence-electron chi connectivity index (χ1n) is 12.7. The van der Waals surface area contributed by atoms with E-state index >= 15 is 4.39 Å². The summed E-state index contributed by atoms with van der Waals surface area (Å²) in [6, 6.07) is 13.6. The van der Waals surface area contributed by atoms with Crippen LogP contribution in [0.25, 0.3) is 0 Å². The zero-order valence-electron chi connectivity index (χ0n) is 21.9. The molecule has 0 radical (unpaired) electrons. The summed E-state index contributed by atoms with van der Waals surface area (Å²) in [5.74, 6) is -0.500. The van der Waals surface area contributed by atoms with E-state index in [4.69, 9.17) is 0 Å². The van der Waals surface area contributed by atoms with E-state index in [2.05, 4.69) is 9.64 Å². The first-order chi connectivity index (χ1) is 18.2. The summed E-state index contributed by atoms with van der Waals surface area (Å²) in [5, 5.41) is 0. The number of nitrogens with zero attached hydrogens (tertiary/aromatic N) is 5. The van der Waals surface area contributed by atoms with Crippen molar-refractivity contribution in [2.24, 2.45) is 0 Å². The molecular formula is C26H34FN5O5S. The lowest BCUT2D eigenvalue weighted by atomic mass is 10.0. The second-order valence-corrected chi connectivity index (χ2v) is 10.9. The third-order valence-corrected chi connectivity index (χ3v) is 8.94. The Hall–Kier alpha value is -3.38. The third kappa shape index (κ3) is 5.28. The summed E-state index contributed by atoms with van der Waals surface area (Å²) < 4.78 is 46.9. The van der Waals surface area contributed by atoms with Crippen molar-refractivity contribution in [3.8, 4) is 0 Å². The topological polar surface area (TPSA) is 93.7 Å². The van der Waals surface area contributed by atoms with Crippen LogP contribution in [0.4, 0.5) is 20.6 Å². The minimum absolute atomic E-state index is 0.0103. The van der Waals surface area contributed by atoms with E-state index in [0.29, 0.717) is 49.3 Å². The molecule has 0 aromatic heterocycles. The maximum atomic E-state index is 15.3. The lowest BCUT2D eigenvalue weighted by Gasteiger charge is -2.41. The Morgan fingerprint density at radius 2 is 1.63 bits per heavy atom. The lowest BCUT2D eigenvalue weighted by Crippen LogP contribution is -2.52. The quantitative estimate of drug-likeness (QED) is 0.526. The van der Waals surface area contributed by atoms with Gasteiger partial charge in [-0.1, -0.05) is 30.3 Å². The molecule has 2 aliphatic rings. The van der Waals surface area contributed by atoms with Crippen LogP contribution in [0.5, 0.6) is 0 Å². The average molecular weight is 548 g/mol. The van der Waals surface area contributed by atoms with Crippen molar-refractivity contribution in [2.45, 2.75) is 19.9 Å². The van der Waals surface area contributed by atoms with E-state index < -0.39 is 28.2 Å². The smallest absolute Gasteiger partial charge is 0.424 e. The van der Waals surface area contributed by atoms with Crippen LogP contribution in [0, 0.1) is 5.82 Å². The third-order valence-electron chi connectivity index (χ3n) is 7.11. The van der Waals surface area contributed by atoms with E-state index in [1.54, 1.807) is 12.1 Å². The summed E-state index contributed by atoms with van der Waals surface area (Å²) in [4.78, 5) is 31.1. The highest BCUT2D eigenvalue weighted by molar-refractivity contribution is 7.91. The zero-order valence-corrected chi connectivity index (χ0v) is 22.7. The largest absolute Gasteiger partial charge is 0.452 e. The number of amides is 2. The Bertz CT molecular complexity index is 1250. The number of piperazine rings is 1. The molecule has 0 saturated carbocycles. The fraction of sp³-hybridized carbons (Fsp3) is 0.462. The Balaban J connectivity index is 1.49. The van der Waals surface area contributed by atoms with Crippen LogP contribution in [-0.2, 0) is 19.7 Å². The van der Waals surface area contributed by atoms with Gasteiger partial charge < -0.3 is 14.5 Å². The van der Waals surface area contributed by atoms with Gasteiger partial charge in [0.15, 0.2) is 0 Å². The van der Waals surface area contributed by atoms with Gasteiger partial charge in [-0.3, -0.25) is 14.0 Å². The van der Waals surface area contributed by atoms with Gasteiger partial charge in [0.25, 0.3) is 0 Å². The van der Waals surface area contributed by atoms with Crippen molar-refractivity contribution in [3.05, 3.63) is 59.9 Å². The molecular weight excluding hydrogens is 513 g/mol. The molecule has 38 heavy (non-hydrogen) atoms. The molecule has 12 heteroatoms. The fourth-order valence-corrected chi connectivity index (χ4v) is 6.57. The van der Waals surface area contributed by atoms with Gasteiger partial charge in [0.2, 0.25) is 5.91 Å². The Labute approximate surface area is 223 Å². The number of anilines is 2. The van der Waals surface area contributed by atoms with E-state index in [1.807, 2.05) is 54.0 Å². The van der Waals surface area contributed by atoms with E-state index in [1.165, 1.54) is 6.07 Å². The molecule has 2 aromatic carbocycles. The fourth-order valence-electron chi connectivity index (χ4n) is 5.06. The van der Waals surface area contributed by atoms with E-state index in [0.717, 1.165) is 17.0 Å². The number of carbonyl (C=O) groups excluding carboxylic acids is 2. The highest BCUT2D eigenvalue weighted by Gasteiger charge is 2.41. The van der Waals surface area contributed by atoms with E-state index in [-0.39, 0.29) is 24.7 Å². The number of hydrogen-bond donors (Lipinski definition) is 0. The molecule has 2 aromatic rings. The number of rotatable bonds is 7. The van der Waals surface area contributed by atoms with Crippen molar-refractivity contribution < 1.29 is 27.1 Å². The van der Waals surface area contributed by atoms with Gasteiger partial charge in [0.1, 0.15) is 11.9 Å². The van der Waals surface area contributed by atoms with E-state index in [9.17, 15) is 18.0 Å². The number of hydrogen-bond acceptors (Lipinski definition) is 7. The molecule has 10 nitrogen and oxygen atoms in total. The standard InChI is InChI=1S/C26H34FN5O5S/c1-4-28(5-2)25(33)24(20-9-7-6-8-10-20)30-15-13-29(14-16-30)23-12-11-21(19-22(23)27)31-17-18-32(26(34)37-3)38(31,35)36/h6-12,19,24H,4-5,13-18H2,1-3H3. The zero-order chi connectivity index (χ0) is 27.4. The lowest BCUT2D eigenvalue weighted by molar-refractivity contribution is -0.137. The molecule has 2 saturated heterocycles. The number of benzene rings is 2. The van der Waals surface area contributed by atoms with Gasteiger partial charge in [-0.2, -0.15) is 12.7 Å². The predicted octanol–water partition coefficient (Wildman–Crippen LogP) is 2.69. The molecule has 206 valence electrons.